The Morgan fingerprint density at radius 2 is 2.29 bits per heavy atom. The molecule has 1 amide bonds. The maximum absolute atomic E-state index is 12.4. The van der Waals surface area contributed by atoms with Crippen LogP contribution in [0.4, 0.5) is 5.69 Å². The van der Waals surface area contributed by atoms with E-state index in [1.54, 1.807) is 24.3 Å². The van der Waals surface area contributed by atoms with Crippen LogP contribution >= 0.6 is 0 Å². The fraction of sp³-hybridized carbons (Fsp3) is 0.533. The number of ether oxygens (including phenoxy) is 1. The Bertz CT molecular complexity index is 468. The average molecular weight is 290 g/mol. The van der Waals surface area contributed by atoms with Gasteiger partial charge in [0.15, 0.2) is 0 Å². The number of hydrogen-bond donors (Lipinski definition) is 1. The summed E-state index contributed by atoms with van der Waals surface area (Å²) >= 11 is 0. The summed E-state index contributed by atoms with van der Waals surface area (Å²) in [4.78, 5) is 18.1. The predicted molar refractivity (Wildman–Crippen MR) is 81.0 cm³/mol. The molecular formula is C15H22N4O2. The number of nitrogens with zero attached hydrogens (tertiary/aromatic N) is 3. The highest BCUT2D eigenvalue weighted by Crippen LogP contribution is 2.09. The van der Waals surface area contributed by atoms with Crippen molar-refractivity contribution in [2.24, 2.45) is 0 Å². The molecule has 1 aromatic heterocycles. The van der Waals surface area contributed by atoms with Gasteiger partial charge < -0.3 is 15.0 Å². The molecule has 0 unspecified atom stereocenters. The standard InChI is InChI=1S/C15H22N4O2/c1-3-8-17-13-5-6-14(18-12-13)15(20)19(9-4-7-16)10-11-21-2/h5-6,12,17H,3-4,8-11H2,1-2H3. The summed E-state index contributed by atoms with van der Waals surface area (Å²) in [6.45, 7) is 4.23. The third kappa shape index (κ3) is 5.79. The van der Waals surface area contributed by atoms with Gasteiger partial charge in [-0.25, -0.2) is 4.98 Å². The molecule has 0 aliphatic rings. The molecule has 0 spiro atoms. The highest BCUT2D eigenvalue weighted by molar-refractivity contribution is 5.92. The molecule has 0 fully saturated rings. The average Bonchev–Trinajstić information content (AvgIpc) is 2.53. The number of carbonyl (C=O) groups excluding carboxylic acids is 1. The molecule has 6 heteroatoms. The Hall–Kier alpha value is -2.13. The summed E-state index contributed by atoms with van der Waals surface area (Å²) in [5.74, 6) is -0.177. The van der Waals surface area contributed by atoms with Crippen LogP contribution < -0.4 is 5.32 Å². The Morgan fingerprint density at radius 3 is 2.86 bits per heavy atom. The van der Waals surface area contributed by atoms with E-state index in [0.717, 1.165) is 18.7 Å². The smallest absolute Gasteiger partial charge is 0.272 e. The van der Waals surface area contributed by atoms with Gasteiger partial charge in [-0.3, -0.25) is 4.79 Å². The predicted octanol–water partition coefficient (Wildman–Crippen LogP) is 1.91. The van der Waals surface area contributed by atoms with E-state index in [1.807, 2.05) is 12.1 Å². The van der Waals surface area contributed by atoms with E-state index in [-0.39, 0.29) is 5.91 Å². The van der Waals surface area contributed by atoms with Gasteiger partial charge in [-0.05, 0) is 18.6 Å². The molecule has 21 heavy (non-hydrogen) atoms. The highest BCUT2D eigenvalue weighted by atomic mass is 16.5. The highest BCUT2D eigenvalue weighted by Gasteiger charge is 2.16. The summed E-state index contributed by atoms with van der Waals surface area (Å²) in [5, 5.41) is 11.9. The number of nitrogens with one attached hydrogen (secondary N) is 1. The first-order valence-electron chi connectivity index (χ1n) is 7.08. The number of carbonyl (C=O) groups is 1. The van der Waals surface area contributed by atoms with Crippen molar-refractivity contribution in [3.05, 3.63) is 24.0 Å². The number of anilines is 1. The molecule has 0 radical (unpaired) electrons. The number of amides is 1. The molecule has 0 aliphatic carbocycles. The Labute approximate surface area is 125 Å². The fourth-order valence-electron chi connectivity index (χ4n) is 1.76. The quantitative estimate of drug-likeness (QED) is 0.751. The van der Waals surface area contributed by atoms with Gasteiger partial charge in [0.2, 0.25) is 0 Å². The Morgan fingerprint density at radius 1 is 1.48 bits per heavy atom. The van der Waals surface area contributed by atoms with Crippen molar-refractivity contribution in [1.82, 2.24) is 9.88 Å². The molecule has 1 rings (SSSR count). The van der Waals surface area contributed by atoms with Gasteiger partial charge >= 0.3 is 0 Å². The molecule has 6 nitrogen and oxygen atoms in total. The zero-order valence-electron chi connectivity index (χ0n) is 12.6. The van der Waals surface area contributed by atoms with Crippen LogP contribution in [0.2, 0.25) is 0 Å². The van der Waals surface area contributed by atoms with E-state index in [4.69, 9.17) is 10.00 Å². The number of methoxy groups -OCH3 is 1. The summed E-state index contributed by atoms with van der Waals surface area (Å²) in [6, 6.07) is 5.59. The third-order valence-corrected chi connectivity index (χ3v) is 2.91. The first-order valence-corrected chi connectivity index (χ1v) is 7.08. The molecule has 0 aromatic carbocycles. The number of nitriles is 1. The normalized spacial score (nSPS) is 9.95. The molecule has 1 heterocycles. The lowest BCUT2D eigenvalue weighted by Gasteiger charge is -2.20. The van der Waals surface area contributed by atoms with Gasteiger partial charge in [0.05, 0.1) is 31.0 Å². The third-order valence-electron chi connectivity index (χ3n) is 2.91. The van der Waals surface area contributed by atoms with Crippen LogP contribution in [-0.4, -0.2) is 49.1 Å². The molecule has 0 saturated heterocycles. The van der Waals surface area contributed by atoms with E-state index in [2.05, 4.69) is 17.2 Å². The molecule has 0 aliphatic heterocycles. The maximum atomic E-state index is 12.4. The zero-order chi connectivity index (χ0) is 15.5. The molecule has 0 bridgehead atoms. The van der Waals surface area contributed by atoms with E-state index in [9.17, 15) is 4.79 Å². The monoisotopic (exact) mass is 290 g/mol. The minimum Gasteiger partial charge on any atom is -0.384 e. The number of hydrogen-bond acceptors (Lipinski definition) is 5. The van der Waals surface area contributed by atoms with Gasteiger partial charge in [0, 0.05) is 26.7 Å². The van der Waals surface area contributed by atoms with Crippen molar-refractivity contribution in [3.8, 4) is 6.07 Å². The number of aromatic nitrogens is 1. The lowest BCUT2D eigenvalue weighted by molar-refractivity contribution is 0.0694. The van der Waals surface area contributed by atoms with Gasteiger partial charge in [-0.1, -0.05) is 6.92 Å². The van der Waals surface area contributed by atoms with Gasteiger partial charge in [-0.15, -0.1) is 0 Å². The second kappa shape index (κ2) is 9.72. The topological polar surface area (TPSA) is 78.2 Å². The molecule has 0 atom stereocenters. The second-order valence-corrected chi connectivity index (χ2v) is 4.55. The van der Waals surface area contributed by atoms with Crippen LogP contribution in [-0.2, 0) is 4.74 Å². The van der Waals surface area contributed by atoms with E-state index in [1.165, 1.54) is 0 Å². The second-order valence-electron chi connectivity index (χ2n) is 4.55. The minimum atomic E-state index is -0.177. The van der Waals surface area contributed by atoms with Gasteiger partial charge in [-0.2, -0.15) is 5.26 Å². The lowest BCUT2D eigenvalue weighted by atomic mass is 10.2. The Kier molecular flexibility index (Phi) is 7.84. The molecule has 1 aromatic rings. The van der Waals surface area contributed by atoms with Crippen molar-refractivity contribution in [3.63, 3.8) is 0 Å². The first-order chi connectivity index (χ1) is 10.2. The summed E-state index contributed by atoms with van der Waals surface area (Å²) in [5.41, 5.74) is 1.28. The molecule has 114 valence electrons. The largest absolute Gasteiger partial charge is 0.384 e. The fourth-order valence-corrected chi connectivity index (χ4v) is 1.76. The summed E-state index contributed by atoms with van der Waals surface area (Å²) < 4.78 is 4.99. The Balaban J connectivity index is 2.70. The molecule has 0 saturated carbocycles. The number of pyridine rings is 1. The minimum absolute atomic E-state index is 0.177. The van der Waals surface area contributed by atoms with Crippen LogP contribution in [0.5, 0.6) is 0 Å². The van der Waals surface area contributed by atoms with E-state index < -0.39 is 0 Å². The van der Waals surface area contributed by atoms with Crippen LogP contribution in [0.1, 0.15) is 30.3 Å². The molecular weight excluding hydrogens is 268 g/mol. The van der Waals surface area contributed by atoms with Crippen molar-refractivity contribution >= 4 is 11.6 Å². The van der Waals surface area contributed by atoms with Gasteiger partial charge in [0.1, 0.15) is 5.69 Å². The summed E-state index contributed by atoms with van der Waals surface area (Å²) in [6.07, 6.45) is 2.98. The summed E-state index contributed by atoms with van der Waals surface area (Å²) in [7, 11) is 1.58. The van der Waals surface area contributed by atoms with Crippen molar-refractivity contribution in [2.45, 2.75) is 19.8 Å². The van der Waals surface area contributed by atoms with Gasteiger partial charge in [0.25, 0.3) is 5.91 Å². The van der Waals surface area contributed by atoms with Crippen LogP contribution in [0, 0.1) is 11.3 Å². The lowest BCUT2D eigenvalue weighted by Crippen LogP contribution is -2.35. The van der Waals surface area contributed by atoms with Crippen LogP contribution in [0.3, 0.4) is 0 Å². The van der Waals surface area contributed by atoms with Crippen LogP contribution in [0.15, 0.2) is 18.3 Å². The van der Waals surface area contributed by atoms with Crippen molar-refractivity contribution in [1.29, 1.82) is 5.26 Å². The zero-order valence-corrected chi connectivity index (χ0v) is 12.6. The van der Waals surface area contributed by atoms with Crippen molar-refractivity contribution < 1.29 is 9.53 Å². The number of rotatable bonds is 9. The maximum Gasteiger partial charge on any atom is 0.272 e. The van der Waals surface area contributed by atoms with E-state index >= 15 is 0 Å². The first kappa shape index (κ1) is 16.9. The van der Waals surface area contributed by atoms with E-state index in [0.29, 0.717) is 31.8 Å². The molecule has 1 N–H and O–H groups in total. The SMILES string of the molecule is CCCNc1ccc(C(=O)N(CCC#N)CCOC)nc1. The van der Waals surface area contributed by atoms with Crippen LogP contribution in [0.25, 0.3) is 0 Å². The van der Waals surface area contributed by atoms with Crippen molar-refractivity contribution in [2.75, 3.05) is 38.7 Å².